The van der Waals surface area contributed by atoms with Crippen LogP contribution in [0.1, 0.15) is 5.56 Å². The minimum absolute atomic E-state index is 0.0186. The topological polar surface area (TPSA) is 57.7 Å². The van der Waals surface area contributed by atoms with E-state index in [0.717, 1.165) is 15.7 Å². The van der Waals surface area contributed by atoms with Gasteiger partial charge in [0.05, 0.1) is 24.1 Å². The van der Waals surface area contributed by atoms with Crippen molar-refractivity contribution in [2.24, 2.45) is 0 Å². The third-order valence-electron chi connectivity index (χ3n) is 5.03. The minimum Gasteiger partial charge on any atom is -0.306 e. The first-order valence-corrected chi connectivity index (χ1v) is 11.1. The number of hydrogen-bond donors (Lipinski definition) is 0. The third-order valence-corrected chi connectivity index (χ3v) is 7.26. The molecular formula is C19H19BrN2O3S. The van der Waals surface area contributed by atoms with Crippen LogP contribution in [0.4, 0.5) is 5.69 Å². The van der Waals surface area contributed by atoms with Gasteiger partial charge in [0.2, 0.25) is 5.91 Å². The van der Waals surface area contributed by atoms with E-state index in [0.29, 0.717) is 6.54 Å². The number of piperazine rings is 1. The predicted octanol–water partition coefficient (Wildman–Crippen LogP) is 2.46. The highest BCUT2D eigenvalue weighted by atomic mass is 79.9. The molecule has 2 aromatic rings. The Bertz CT molecular complexity index is 916. The number of benzene rings is 2. The molecule has 2 atom stereocenters. The van der Waals surface area contributed by atoms with E-state index in [-0.39, 0.29) is 36.0 Å². The summed E-state index contributed by atoms with van der Waals surface area (Å²) < 4.78 is 25.6. The van der Waals surface area contributed by atoms with Crippen molar-refractivity contribution in [3.63, 3.8) is 0 Å². The molecule has 2 heterocycles. The Morgan fingerprint density at radius 2 is 1.62 bits per heavy atom. The Balaban J connectivity index is 1.67. The summed E-state index contributed by atoms with van der Waals surface area (Å²) in [6.45, 7) is 0.805. The fourth-order valence-corrected chi connectivity index (χ4v) is 6.13. The molecule has 0 bridgehead atoms. The van der Waals surface area contributed by atoms with Crippen molar-refractivity contribution < 1.29 is 13.2 Å². The molecule has 4 rings (SSSR count). The fourth-order valence-electron chi connectivity index (χ4n) is 3.89. The fraction of sp³-hybridized carbons (Fsp3) is 0.316. The molecule has 2 aliphatic heterocycles. The van der Waals surface area contributed by atoms with Crippen molar-refractivity contribution in [1.29, 1.82) is 0 Å². The maximum Gasteiger partial charge on any atom is 0.241 e. The Labute approximate surface area is 161 Å². The molecule has 136 valence electrons. The zero-order chi connectivity index (χ0) is 18.3. The van der Waals surface area contributed by atoms with Crippen LogP contribution >= 0.6 is 15.9 Å². The van der Waals surface area contributed by atoms with Crippen LogP contribution in [0.3, 0.4) is 0 Å². The number of anilines is 1. The van der Waals surface area contributed by atoms with Crippen LogP contribution in [0.25, 0.3) is 0 Å². The average molecular weight is 435 g/mol. The number of hydrogen-bond acceptors (Lipinski definition) is 4. The molecule has 0 aromatic heterocycles. The largest absolute Gasteiger partial charge is 0.306 e. The number of fused-ring (bicyclic) bond motifs is 1. The van der Waals surface area contributed by atoms with E-state index in [4.69, 9.17) is 0 Å². The number of carbonyl (C=O) groups excluding carboxylic acids is 1. The molecular weight excluding hydrogens is 416 g/mol. The molecule has 0 aliphatic carbocycles. The summed E-state index contributed by atoms with van der Waals surface area (Å²) in [5.41, 5.74) is 1.84. The molecule has 2 fully saturated rings. The second-order valence-corrected chi connectivity index (χ2v) is 9.91. The number of nitrogens with zero attached hydrogens (tertiary/aromatic N) is 2. The van der Waals surface area contributed by atoms with Gasteiger partial charge in [0, 0.05) is 22.7 Å². The van der Waals surface area contributed by atoms with Gasteiger partial charge in [0.25, 0.3) is 0 Å². The summed E-state index contributed by atoms with van der Waals surface area (Å²) in [5, 5.41) is 0. The molecule has 7 heteroatoms. The van der Waals surface area contributed by atoms with Crippen molar-refractivity contribution >= 4 is 37.4 Å². The molecule has 2 saturated heterocycles. The summed E-state index contributed by atoms with van der Waals surface area (Å²) in [5.74, 6) is 0.0665. The van der Waals surface area contributed by atoms with Gasteiger partial charge in [-0.25, -0.2) is 8.42 Å². The second kappa shape index (κ2) is 6.79. The highest BCUT2D eigenvalue weighted by molar-refractivity contribution is 9.10. The first kappa shape index (κ1) is 17.7. The van der Waals surface area contributed by atoms with E-state index in [1.54, 1.807) is 4.90 Å². The summed E-state index contributed by atoms with van der Waals surface area (Å²) in [4.78, 5) is 16.6. The Morgan fingerprint density at radius 3 is 2.31 bits per heavy atom. The van der Waals surface area contributed by atoms with E-state index < -0.39 is 9.84 Å². The van der Waals surface area contributed by atoms with Crippen molar-refractivity contribution in [3.8, 4) is 0 Å². The molecule has 0 radical (unpaired) electrons. The van der Waals surface area contributed by atoms with E-state index in [1.807, 2.05) is 59.5 Å². The number of carbonyl (C=O) groups is 1. The van der Waals surface area contributed by atoms with Crippen molar-refractivity contribution in [2.75, 3.05) is 23.0 Å². The molecule has 26 heavy (non-hydrogen) atoms. The molecule has 2 unspecified atom stereocenters. The van der Waals surface area contributed by atoms with Gasteiger partial charge in [-0.3, -0.25) is 9.69 Å². The molecule has 2 aliphatic rings. The maximum absolute atomic E-state index is 12.9. The number of amides is 1. The van der Waals surface area contributed by atoms with Crippen LogP contribution in [0.2, 0.25) is 0 Å². The molecule has 1 amide bonds. The molecule has 0 spiro atoms. The van der Waals surface area contributed by atoms with Crippen LogP contribution in [0.5, 0.6) is 0 Å². The highest BCUT2D eigenvalue weighted by Crippen LogP contribution is 2.33. The summed E-state index contributed by atoms with van der Waals surface area (Å²) in [6.07, 6.45) is 0. The molecule has 0 saturated carbocycles. The zero-order valence-electron chi connectivity index (χ0n) is 14.1. The molecule has 2 aromatic carbocycles. The van der Waals surface area contributed by atoms with Crippen LogP contribution in [-0.2, 0) is 21.2 Å². The molecule has 0 N–H and O–H groups in total. The predicted molar refractivity (Wildman–Crippen MR) is 105 cm³/mol. The first-order chi connectivity index (χ1) is 12.4. The quantitative estimate of drug-likeness (QED) is 0.744. The minimum atomic E-state index is -3.17. The average Bonchev–Trinajstić information content (AvgIpc) is 2.92. The lowest BCUT2D eigenvalue weighted by atomic mass is 10.0. The SMILES string of the molecule is O=C1CN(Cc2ccccc2)C2CS(=O)(=O)CC2N1c1ccc(Br)cc1. The number of halogens is 1. The van der Waals surface area contributed by atoms with Crippen LogP contribution in [0.15, 0.2) is 59.1 Å². The van der Waals surface area contributed by atoms with E-state index in [1.165, 1.54) is 0 Å². The van der Waals surface area contributed by atoms with Crippen LogP contribution in [0, 0.1) is 0 Å². The Kier molecular flexibility index (Phi) is 4.62. The second-order valence-electron chi connectivity index (χ2n) is 6.84. The first-order valence-electron chi connectivity index (χ1n) is 8.49. The van der Waals surface area contributed by atoms with E-state index >= 15 is 0 Å². The van der Waals surface area contributed by atoms with Gasteiger partial charge in [-0.15, -0.1) is 0 Å². The standard InChI is InChI=1S/C19H19BrN2O3S/c20-15-6-8-16(9-7-15)22-18-13-26(24,25)12-17(18)21(11-19(22)23)10-14-4-2-1-3-5-14/h1-9,17-18H,10-13H2. The van der Waals surface area contributed by atoms with Gasteiger partial charge in [0.15, 0.2) is 9.84 Å². The van der Waals surface area contributed by atoms with Crippen molar-refractivity contribution in [3.05, 3.63) is 64.6 Å². The highest BCUT2D eigenvalue weighted by Gasteiger charge is 2.49. The Hall–Kier alpha value is -1.70. The summed E-state index contributed by atoms with van der Waals surface area (Å²) in [7, 11) is -3.17. The summed E-state index contributed by atoms with van der Waals surface area (Å²) >= 11 is 3.40. The number of rotatable bonds is 3. The summed E-state index contributed by atoms with van der Waals surface area (Å²) in [6, 6.07) is 16.8. The zero-order valence-corrected chi connectivity index (χ0v) is 16.5. The van der Waals surface area contributed by atoms with Crippen molar-refractivity contribution in [2.45, 2.75) is 18.6 Å². The van der Waals surface area contributed by atoms with Gasteiger partial charge in [-0.1, -0.05) is 46.3 Å². The van der Waals surface area contributed by atoms with Gasteiger partial charge < -0.3 is 4.90 Å². The lowest BCUT2D eigenvalue weighted by Gasteiger charge is -2.43. The third kappa shape index (κ3) is 3.43. The normalized spacial score (nSPS) is 25.3. The Morgan fingerprint density at radius 1 is 0.962 bits per heavy atom. The lowest BCUT2D eigenvalue weighted by molar-refractivity contribution is -0.123. The smallest absolute Gasteiger partial charge is 0.241 e. The lowest BCUT2D eigenvalue weighted by Crippen LogP contribution is -2.61. The maximum atomic E-state index is 12.9. The van der Waals surface area contributed by atoms with Gasteiger partial charge >= 0.3 is 0 Å². The van der Waals surface area contributed by atoms with Crippen molar-refractivity contribution in [1.82, 2.24) is 4.90 Å². The molecule has 5 nitrogen and oxygen atoms in total. The van der Waals surface area contributed by atoms with E-state index in [2.05, 4.69) is 15.9 Å². The van der Waals surface area contributed by atoms with E-state index in [9.17, 15) is 13.2 Å². The van der Waals surface area contributed by atoms with Crippen LogP contribution in [-0.4, -0.2) is 49.4 Å². The van der Waals surface area contributed by atoms with Gasteiger partial charge in [-0.05, 0) is 29.8 Å². The van der Waals surface area contributed by atoms with Gasteiger partial charge in [0.1, 0.15) is 0 Å². The monoisotopic (exact) mass is 434 g/mol. The van der Waals surface area contributed by atoms with Gasteiger partial charge in [-0.2, -0.15) is 0 Å². The number of sulfone groups is 1. The van der Waals surface area contributed by atoms with Crippen LogP contribution < -0.4 is 4.90 Å².